The van der Waals surface area contributed by atoms with Crippen molar-refractivity contribution in [2.45, 2.75) is 75.6 Å². The predicted octanol–water partition coefficient (Wildman–Crippen LogP) is 4.24. The van der Waals surface area contributed by atoms with E-state index >= 15 is 0 Å². The van der Waals surface area contributed by atoms with Crippen molar-refractivity contribution in [1.82, 2.24) is 4.31 Å². The minimum Gasteiger partial charge on any atom is -0.299 e. The van der Waals surface area contributed by atoms with Crippen molar-refractivity contribution in [2.24, 2.45) is 28.2 Å². The molecule has 6 rings (SSSR count). The van der Waals surface area contributed by atoms with E-state index in [1.54, 1.807) is 26.2 Å². The molecule has 1 aliphatic heterocycles. The Morgan fingerprint density at radius 2 is 1.65 bits per heavy atom. The van der Waals surface area contributed by atoms with Crippen molar-refractivity contribution < 1.29 is 13.2 Å². The molecule has 5 nitrogen and oxygen atoms in total. The van der Waals surface area contributed by atoms with Crippen molar-refractivity contribution in [1.29, 1.82) is 0 Å². The lowest BCUT2D eigenvalue weighted by Gasteiger charge is -2.56. The molecule has 0 atom stereocenters. The molecule has 4 bridgehead atoms. The first-order valence-corrected chi connectivity index (χ1v) is 13.1. The van der Waals surface area contributed by atoms with Crippen LogP contribution in [0.15, 0.2) is 28.1 Å². The van der Waals surface area contributed by atoms with Crippen molar-refractivity contribution in [2.75, 3.05) is 14.1 Å². The van der Waals surface area contributed by atoms with Crippen LogP contribution in [0.4, 0.5) is 0 Å². The van der Waals surface area contributed by atoms with Crippen LogP contribution >= 0.6 is 0 Å². The molecule has 0 aromatic heterocycles. The van der Waals surface area contributed by atoms with E-state index in [0.29, 0.717) is 12.2 Å². The fourth-order valence-electron chi connectivity index (χ4n) is 7.21. The van der Waals surface area contributed by atoms with Crippen LogP contribution in [-0.4, -0.2) is 43.9 Å². The van der Waals surface area contributed by atoms with Crippen molar-refractivity contribution >= 4 is 21.5 Å². The zero-order chi connectivity index (χ0) is 22.2. The summed E-state index contributed by atoms with van der Waals surface area (Å²) in [7, 11) is -0.444. The van der Waals surface area contributed by atoms with Gasteiger partial charge in [0, 0.05) is 31.5 Å². The molecule has 6 heteroatoms. The van der Waals surface area contributed by atoms with Crippen LogP contribution in [0.5, 0.6) is 0 Å². The third-order valence-corrected chi connectivity index (χ3v) is 10.0. The first-order valence-electron chi connectivity index (χ1n) is 11.7. The number of sulfonamides is 1. The monoisotopic (exact) mass is 442 g/mol. The number of carbonyl (C=O) groups excluding carboxylic acids is 1. The zero-order valence-corrected chi connectivity index (χ0v) is 20.0. The Morgan fingerprint density at radius 3 is 2.19 bits per heavy atom. The van der Waals surface area contributed by atoms with Gasteiger partial charge in [0.2, 0.25) is 10.0 Å². The summed E-state index contributed by atoms with van der Waals surface area (Å²) in [5.74, 6) is 2.52. The fourth-order valence-corrected chi connectivity index (χ4v) is 8.14. The van der Waals surface area contributed by atoms with E-state index in [4.69, 9.17) is 4.99 Å². The van der Waals surface area contributed by atoms with Crippen molar-refractivity contribution in [3.8, 4) is 0 Å². The fraction of sp³-hybridized carbons (Fsp3) is 0.680. The Bertz CT molecular complexity index is 1030. The number of carbonyl (C=O) groups is 1. The number of aliphatic imine (C=N–C) groups is 1. The van der Waals surface area contributed by atoms with Crippen LogP contribution < -0.4 is 0 Å². The summed E-state index contributed by atoms with van der Waals surface area (Å²) in [5, 5.41) is 0. The highest BCUT2D eigenvalue weighted by molar-refractivity contribution is 7.89. The number of nitrogens with zero attached hydrogens (tertiary/aromatic N) is 2. The highest BCUT2D eigenvalue weighted by atomic mass is 32.2. The number of hydrogen-bond donors (Lipinski definition) is 0. The van der Waals surface area contributed by atoms with Crippen molar-refractivity contribution in [3.63, 3.8) is 0 Å². The van der Waals surface area contributed by atoms with Gasteiger partial charge in [0.05, 0.1) is 16.1 Å². The van der Waals surface area contributed by atoms with Crippen molar-refractivity contribution in [3.05, 3.63) is 29.3 Å². The van der Waals surface area contributed by atoms with Crippen LogP contribution in [0.25, 0.3) is 0 Å². The molecule has 4 saturated carbocycles. The molecule has 0 spiro atoms. The number of hydrogen-bond acceptors (Lipinski definition) is 4. The minimum absolute atomic E-state index is 0.160. The molecule has 0 amide bonds. The molecule has 0 N–H and O–H groups in total. The maximum atomic E-state index is 13.8. The maximum Gasteiger partial charge on any atom is 0.242 e. The van der Waals surface area contributed by atoms with E-state index in [-0.39, 0.29) is 15.8 Å². The molecular weight excluding hydrogens is 408 g/mol. The molecule has 168 valence electrons. The topological polar surface area (TPSA) is 66.8 Å². The van der Waals surface area contributed by atoms with E-state index in [9.17, 15) is 13.2 Å². The van der Waals surface area contributed by atoms with Gasteiger partial charge in [-0.25, -0.2) is 12.7 Å². The van der Waals surface area contributed by atoms with Gasteiger partial charge in [-0.15, -0.1) is 0 Å². The summed E-state index contributed by atoms with van der Waals surface area (Å²) < 4.78 is 26.7. The quantitative estimate of drug-likeness (QED) is 0.685. The van der Waals surface area contributed by atoms with Crippen LogP contribution in [0, 0.1) is 23.2 Å². The zero-order valence-electron chi connectivity index (χ0n) is 19.1. The molecule has 1 aromatic carbocycles. The SMILES string of the molecule is CN(C)S(=O)(=O)c1ccc2c(c1)C(CC(=O)C13CC4CC(CC(C4)C1)C3)=NC(C)(C)C2. The Hall–Kier alpha value is -1.53. The molecule has 1 aromatic rings. The van der Waals surface area contributed by atoms with Gasteiger partial charge in [0.25, 0.3) is 0 Å². The Balaban J connectivity index is 1.49. The number of Topliss-reactive ketones (excluding diaryl/α,β-unsaturated/α-hetero) is 1. The molecule has 1 heterocycles. The number of rotatable bonds is 5. The lowest BCUT2D eigenvalue weighted by molar-refractivity contribution is -0.142. The van der Waals surface area contributed by atoms with E-state index < -0.39 is 10.0 Å². The summed E-state index contributed by atoms with van der Waals surface area (Å²) >= 11 is 0. The summed E-state index contributed by atoms with van der Waals surface area (Å²) in [5.41, 5.74) is 2.27. The summed E-state index contributed by atoms with van der Waals surface area (Å²) in [6.07, 6.45) is 8.18. The van der Waals surface area contributed by atoms with Gasteiger partial charge in [0.15, 0.2) is 0 Å². The van der Waals surface area contributed by atoms with Crippen LogP contribution in [0.1, 0.15) is 69.9 Å². The van der Waals surface area contributed by atoms with Gasteiger partial charge in [-0.3, -0.25) is 9.79 Å². The number of fused-ring (bicyclic) bond motifs is 1. The number of ketones is 1. The molecule has 0 saturated heterocycles. The standard InChI is InChI=1S/C25H34N2O3S/c1-24(2)15-19-5-6-20(31(29,30)27(3)4)10-21(19)22(26-24)11-23(28)25-12-16-7-17(13-25)9-18(8-16)14-25/h5-6,10,16-18H,7-9,11-15H2,1-4H3. The average Bonchev–Trinajstić information content (AvgIpc) is 2.65. The largest absolute Gasteiger partial charge is 0.299 e. The van der Waals surface area contributed by atoms with Crippen LogP contribution in [0.2, 0.25) is 0 Å². The smallest absolute Gasteiger partial charge is 0.242 e. The molecule has 31 heavy (non-hydrogen) atoms. The first kappa shape index (κ1) is 21.3. The van der Waals surface area contributed by atoms with Crippen LogP contribution in [0.3, 0.4) is 0 Å². The third kappa shape index (κ3) is 3.60. The highest BCUT2D eigenvalue weighted by Crippen LogP contribution is 2.60. The summed E-state index contributed by atoms with van der Waals surface area (Å²) in [4.78, 5) is 19.0. The second kappa shape index (κ2) is 6.98. The summed E-state index contributed by atoms with van der Waals surface area (Å²) in [6, 6.07) is 5.34. The Morgan fingerprint density at radius 1 is 1.06 bits per heavy atom. The van der Waals surface area contributed by atoms with E-state index in [1.165, 1.54) is 23.6 Å². The highest BCUT2D eigenvalue weighted by Gasteiger charge is 2.54. The second-order valence-corrected chi connectivity index (χ2v) is 13.6. The third-order valence-electron chi connectivity index (χ3n) is 8.19. The Labute approximate surface area is 186 Å². The normalized spacial score (nSPS) is 33.3. The maximum absolute atomic E-state index is 13.8. The Kier molecular flexibility index (Phi) is 4.80. The molecule has 4 fully saturated rings. The summed E-state index contributed by atoms with van der Waals surface area (Å²) in [6.45, 7) is 4.19. The molecule has 0 unspecified atom stereocenters. The van der Waals surface area contributed by atoms with E-state index in [0.717, 1.165) is 60.3 Å². The van der Waals surface area contributed by atoms with E-state index in [1.807, 2.05) is 6.07 Å². The number of benzene rings is 1. The van der Waals surface area contributed by atoms with E-state index in [2.05, 4.69) is 13.8 Å². The molecular formula is C25H34N2O3S. The first-order chi connectivity index (χ1) is 14.5. The lowest BCUT2D eigenvalue weighted by Crippen LogP contribution is -2.50. The van der Waals surface area contributed by atoms with Gasteiger partial charge in [-0.05, 0) is 94.2 Å². The molecule has 4 aliphatic carbocycles. The minimum atomic E-state index is -3.53. The van der Waals surface area contributed by atoms with Gasteiger partial charge in [0.1, 0.15) is 5.78 Å². The van der Waals surface area contributed by atoms with Gasteiger partial charge >= 0.3 is 0 Å². The molecule has 0 radical (unpaired) electrons. The van der Waals surface area contributed by atoms with Crippen LogP contribution in [-0.2, 0) is 21.2 Å². The van der Waals surface area contributed by atoms with Gasteiger partial charge in [-0.1, -0.05) is 6.07 Å². The second-order valence-electron chi connectivity index (χ2n) is 11.5. The van der Waals surface area contributed by atoms with Gasteiger partial charge in [-0.2, -0.15) is 0 Å². The average molecular weight is 443 g/mol. The predicted molar refractivity (Wildman–Crippen MR) is 122 cm³/mol. The van der Waals surface area contributed by atoms with Gasteiger partial charge < -0.3 is 0 Å². The lowest BCUT2D eigenvalue weighted by atomic mass is 9.48. The molecule has 5 aliphatic rings.